The van der Waals surface area contributed by atoms with Gasteiger partial charge in [0.25, 0.3) is 5.91 Å². The number of benzene rings is 1. The normalized spacial score (nSPS) is 24.6. The number of hydrogen-bond acceptors (Lipinski definition) is 4. The van der Waals surface area contributed by atoms with Gasteiger partial charge in [-0.3, -0.25) is 4.79 Å². The minimum atomic E-state index is -0.709. The molecule has 2 heterocycles. The van der Waals surface area contributed by atoms with Crippen LogP contribution in [0.4, 0.5) is 0 Å². The van der Waals surface area contributed by atoms with E-state index in [1.54, 1.807) is 18.2 Å². The Kier molecular flexibility index (Phi) is 2.69. The van der Waals surface area contributed by atoms with Crippen LogP contribution in [-0.2, 0) is 16.0 Å². The molecule has 0 bridgehead atoms. The molecule has 1 amide bonds. The van der Waals surface area contributed by atoms with Crippen LogP contribution in [0.15, 0.2) is 18.2 Å². The Labute approximate surface area is 110 Å². The maximum absolute atomic E-state index is 11.9. The van der Waals surface area contributed by atoms with E-state index in [-0.39, 0.29) is 11.9 Å². The van der Waals surface area contributed by atoms with Crippen molar-refractivity contribution in [3.05, 3.63) is 29.3 Å². The summed E-state index contributed by atoms with van der Waals surface area (Å²) in [6.07, 6.45) is 2.08. The SMILES string of the molecule is COC(=O)c1ccc2c(c1)CCC1(CCNC1=O)O2. The van der Waals surface area contributed by atoms with Gasteiger partial charge in [0, 0.05) is 19.4 Å². The second-order valence-electron chi connectivity index (χ2n) is 4.92. The molecule has 0 aliphatic carbocycles. The van der Waals surface area contributed by atoms with Gasteiger partial charge in [-0.05, 0) is 30.2 Å². The van der Waals surface area contributed by atoms with Gasteiger partial charge in [0.05, 0.1) is 12.7 Å². The Morgan fingerprint density at radius 3 is 2.95 bits per heavy atom. The number of nitrogens with one attached hydrogen (secondary N) is 1. The number of carbonyl (C=O) groups excluding carboxylic acids is 2. The van der Waals surface area contributed by atoms with Crippen LogP contribution in [0.25, 0.3) is 0 Å². The van der Waals surface area contributed by atoms with Crippen molar-refractivity contribution >= 4 is 11.9 Å². The van der Waals surface area contributed by atoms with Crippen LogP contribution < -0.4 is 10.1 Å². The highest BCUT2D eigenvalue weighted by molar-refractivity contribution is 5.90. The first-order chi connectivity index (χ1) is 9.14. The van der Waals surface area contributed by atoms with Gasteiger partial charge >= 0.3 is 5.97 Å². The van der Waals surface area contributed by atoms with Crippen molar-refractivity contribution in [1.82, 2.24) is 5.32 Å². The largest absolute Gasteiger partial charge is 0.477 e. The number of rotatable bonds is 1. The quantitative estimate of drug-likeness (QED) is 0.768. The summed E-state index contributed by atoms with van der Waals surface area (Å²) in [5.41, 5.74) is 0.754. The summed E-state index contributed by atoms with van der Waals surface area (Å²) in [6.45, 7) is 0.661. The van der Waals surface area contributed by atoms with Crippen molar-refractivity contribution in [1.29, 1.82) is 0 Å². The first kappa shape index (κ1) is 12.0. The third-order valence-corrected chi connectivity index (χ3v) is 3.81. The van der Waals surface area contributed by atoms with Gasteiger partial charge in [-0.2, -0.15) is 0 Å². The Morgan fingerprint density at radius 1 is 1.42 bits per heavy atom. The minimum Gasteiger partial charge on any atom is -0.477 e. The predicted molar refractivity (Wildman–Crippen MR) is 67.1 cm³/mol. The molecule has 3 rings (SSSR count). The lowest BCUT2D eigenvalue weighted by atomic mass is 9.89. The standard InChI is InChI=1S/C14H15NO4/c1-18-12(16)10-2-3-11-9(8-10)4-5-14(19-11)6-7-15-13(14)17/h2-3,8H,4-7H2,1H3,(H,15,17). The second-order valence-corrected chi connectivity index (χ2v) is 4.92. The molecule has 1 aromatic carbocycles. The molecule has 0 aromatic heterocycles. The monoisotopic (exact) mass is 261 g/mol. The fourth-order valence-electron chi connectivity index (χ4n) is 2.71. The number of amides is 1. The number of methoxy groups -OCH3 is 1. The highest BCUT2D eigenvalue weighted by Gasteiger charge is 2.46. The van der Waals surface area contributed by atoms with Crippen LogP contribution >= 0.6 is 0 Å². The minimum absolute atomic E-state index is 0.0322. The average Bonchev–Trinajstić information content (AvgIpc) is 2.78. The van der Waals surface area contributed by atoms with E-state index in [0.29, 0.717) is 30.7 Å². The van der Waals surface area contributed by atoms with Gasteiger partial charge < -0.3 is 14.8 Å². The summed E-state index contributed by atoms with van der Waals surface area (Å²) in [4.78, 5) is 23.3. The van der Waals surface area contributed by atoms with Gasteiger partial charge in [0.1, 0.15) is 5.75 Å². The van der Waals surface area contributed by atoms with Crippen molar-refractivity contribution in [3.8, 4) is 5.75 Å². The number of carbonyl (C=O) groups is 2. The summed E-state index contributed by atoms with van der Waals surface area (Å²) in [5, 5.41) is 2.81. The highest BCUT2D eigenvalue weighted by Crippen LogP contribution is 2.37. The molecule has 0 saturated carbocycles. The Hall–Kier alpha value is -2.04. The Balaban J connectivity index is 1.91. The fraction of sp³-hybridized carbons (Fsp3) is 0.429. The van der Waals surface area contributed by atoms with E-state index in [9.17, 15) is 9.59 Å². The van der Waals surface area contributed by atoms with E-state index in [2.05, 4.69) is 5.32 Å². The summed E-state index contributed by atoms with van der Waals surface area (Å²) in [5.74, 6) is 0.299. The molecule has 2 aliphatic rings. The first-order valence-electron chi connectivity index (χ1n) is 6.33. The van der Waals surface area contributed by atoms with E-state index in [4.69, 9.17) is 9.47 Å². The Morgan fingerprint density at radius 2 is 2.26 bits per heavy atom. The molecular formula is C14H15NO4. The molecule has 2 aliphatic heterocycles. The predicted octanol–water partition coefficient (Wildman–Crippen LogP) is 1.06. The van der Waals surface area contributed by atoms with Crippen LogP contribution in [0, 0.1) is 0 Å². The Bertz CT molecular complexity index is 554. The summed E-state index contributed by atoms with van der Waals surface area (Å²) in [7, 11) is 1.36. The molecule has 1 aromatic rings. The number of fused-ring (bicyclic) bond motifs is 1. The maximum Gasteiger partial charge on any atom is 0.337 e. The fourth-order valence-corrected chi connectivity index (χ4v) is 2.71. The second kappa shape index (κ2) is 4.26. The number of esters is 1. The van der Waals surface area contributed by atoms with Crippen molar-refractivity contribution in [2.75, 3.05) is 13.7 Å². The van der Waals surface area contributed by atoms with Gasteiger partial charge in [0.15, 0.2) is 5.60 Å². The van der Waals surface area contributed by atoms with E-state index in [1.807, 2.05) is 0 Å². The molecule has 1 atom stereocenters. The van der Waals surface area contributed by atoms with E-state index < -0.39 is 5.60 Å². The lowest BCUT2D eigenvalue weighted by Gasteiger charge is -2.33. The average molecular weight is 261 g/mol. The number of hydrogen-bond donors (Lipinski definition) is 1. The molecule has 100 valence electrons. The number of aryl methyl sites for hydroxylation is 1. The third-order valence-electron chi connectivity index (χ3n) is 3.81. The maximum atomic E-state index is 11.9. The summed E-state index contributed by atoms with van der Waals surface area (Å²) >= 11 is 0. The van der Waals surface area contributed by atoms with Crippen molar-refractivity contribution in [2.45, 2.75) is 24.9 Å². The molecule has 0 radical (unpaired) electrons. The summed E-state index contributed by atoms with van der Waals surface area (Å²) < 4.78 is 10.6. The molecule has 1 unspecified atom stereocenters. The van der Waals surface area contributed by atoms with Gasteiger partial charge in [-0.1, -0.05) is 0 Å². The van der Waals surface area contributed by atoms with Crippen LogP contribution in [0.5, 0.6) is 5.75 Å². The molecule has 1 saturated heterocycles. The van der Waals surface area contributed by atoms with Crippen molar-refractivity contribution in [2.24, 2.45) is 0 Å². The van der Waals surface area contributed by atoms with Crippen LogP contribution in [0.2, 0.25) is 0 Å². The molecule has 1 N–H and O–H groups in total. The van der Waals surface area contributed by atoms with Crippen LogP contribution in [0.3, 0.4) is 0 Å². The van der Waals surface area contributed by atoms with Crippen molar-refractivity contribution in [3.63, 3.8) is 0 Å². The zero-order chi connectivity index (χ0) is 13.5. The highest BCUT2D eigenvalue weighted by atomic mass is 16.5. The molecule has 1 fully saturated rings. The number of ether oxygens (including phenoxy) is 2. The zero-order valence-corrected chi connectivity index (χ0v) is 10.7. The van der Waals surface area contributed by atoms with Gasteiger partial charge in [-0.25, -0.2) is 4.79 Å². The van der Waals surface area contributed by atoms with Crippen LogP contribution in [0.1, 0.15) is 28.8 Å². The molecular weight excluding hydrogens is 246 g/mol. The third kappa shape index (κ3) is 1.85. The lowest BCUT2D eigenvalue weighted by molar-refractivity contribution is -0.133. The molecule has 19 heavy (non-hydrogen) atoms. The van der Waals surface area contributed by atoms with Crippen molar-refractivity contribution < 1.29 is 19.1 Å². The van der Waals surface area contributed by atoms with Gasteiger partial charge in [0.2, 0.25) is 0 Å². The summed E-state index contributed by atoms with van der Waals surface area (Å²) in [6, 6.07) is 5.19. The lowest BCUT2D eigenvalue weighted by Crippen LogP contribution is -2.46. The molecule has 5 nitrogen and oxygen atoms in total. The topological polar surface area (TPSA) is 64.6 Å². The van der Waals surface area contributed by atoms with Crippen LogP contribution in [-0.4, -0.2) is 31.1 Å². The van der Waals surface area contributed by atoms with E-state index >= 15 is 0 Å². The molecule has 1 spiro atoms. The first-order valence-corrected chi connectivity index (χ1v) is 6.33. The zero-order valence-electron chi connectivity index (χ0n) is 10.7. The smallest absolute Gasteiger partial charge is 0.337 e. The van der Waals surface area contributed by atoms with E-state index in [1.165, 1.54) is 7.11 Å². The van der Waals surface area contributed by atoms with Gasteiger partial charge in [-0.15, -0.1) is 0 Å². The molecule has 5 heteroatoms. The van der Waals surface area contributed by atoms with E-state index in [0.717, 1.165) is 12.0 Å².